The summed E-state index contributed by atoms with van der Waals surface area (Å²) in [5.41, 5.74) is 0.705. The lowest BCUT2D eigenvalue weighted by molar-refractivity contribution is 0.280. The van der Waals surface area contributed by atoms with Crippen LogP contribution in [0.25, 0.3) is 0 Å². The molecule has 0 aliphatic carbocycles. The molecule has 0 aliphatic heterocycles. The summed E-state index contributed by atoms with van der Waals surface area (Å²) in [6, 6.07) is 9.89. The highest BCUT2D eigenvalue weighted by Crippen LogP contribution is 2.28. The molecule has 20 heavy (non-hydrogen) atoms. The normalized spacial score (nSPS) is 11.3. The minimum Gasteiger partial charge on any atom is -0.484 e. The van der Waals surface area contributed by atoms with Crippen LogP contribution in [0.5, 0.6) is 5.75 Å². The Hall–Kier alpha value is -1.99. The molecule has 106 valence electrons. The predicted octanol–water partition coefficient (Wildman–Crippen LogP) is 2.19. The minimum atomic E-state index is -4.29. The minimum absolute atomic E-state index is 0.0636. The standard InChI is InChI=1S/C13H11F2NO3S/c14-10-6-11(15)13(12(7-10)20(16,17)18)19-8-9-4-2-1-3-5-9/h1-7H,8H2,(H2,16,17,18). The Balaban J connectivity index is 2.36. The summed E-state index contributed by atoms with van der Waals surface area (Å²) in [4.78, 5) is -0.717. The Labute approximate surface area is 114 Å². The van der Waals surface area contributed by atoms with Gasteiger partial charge >= 0.3 is 0 Å². The largest absolute Gasteiger partial charge is 0.484 e. The van der Waals surface area contributed by atoms with Crippen LogP contribution in [0.4, 0.5) is 8.78 Å². The first-order chi connectivity index (χ1) is 9.38. The highest BCUT2D eigenvalue weighted by atomic mass is 32.2. The molecule has 0 amide bonds. The van der Waals surface area contributed by atoms with Crippen molar-refractivity contribution in [1.29, 1.82) is 0 Å². The molecule has 2 aromatic rings. The molecule has 0 radical (unpaired) electrons. The second-order valence-electron chi connectivity index (χ2n) is 4.03. The van der Waals surface area contributed by atoms with Gasteiger partial charge in [0.15, 0.2) is 11.6 Å². The van der Waals surface area contributed by atoms with Crippen LogP contribution in [-0.4, -0.2) is 8.42 Å². The van der Waals surface area contributed by atoms with Gasteiger partial charge in [-0.25, -0.2) is 22.3 Å². The van der Waals surface area contributed by atoms with Crippen LogP contribution in [-0.2, 0) is 16.6 Å². The molecular weight excluding hydrogens is 288 g/mol. The topological polar surface area (TPSA) is 69.4 Å². The quantitative estimate of drug-likeness (QED) is 0.941. The van der Waals surface area contributed by atoms with Gasteiger partial charge in [-0.2, -0.15) is 0 Å². The average Bonchev–Trinajstić information content (AvgIpc) is 2.37. The van der Waals surface area contributed by atoms with Crippen LogP contribution in [0.2, 0.25) is 0 Å². The molecule has 0 fully saturated rings. The molecule has 0 bridgehead atoms. The fraction of sp³-hybridized carbons (Fsp3) is 0.0769. The van der Waals surface area contributed by atoms with Crippen molar-refractivity contribution < 1.29 is 21.9 Å². The summed E-state index contributed by atoms with van der Waals surface area (Å²) in [7, 11) is -4.29. The number of nitrogens with two attached hydrogens (primary N) is 1. The lowest BCUT2D eigenvalue weighted by Crippen LogP contribution is -2.15. The smallest absolute Gasteiger partial charge is 0.241 e. The lowest BCUT2D eigenvalue weighted by Gasteiger charge is -2.11. The number of hydrogen-bond donors (Lipinski definition) is 1. The van der Waals surface area contributed by atoms with Crippen LogP contribution in [0.3, 0.4) is 0 Å². The third kappa shape index (κ3) is 3.31. The van der Waals surface area contributed by atoms with Gasteiger partial charge in [0.05, 0.1) is 0 Å². The summed E-state index contributed by atoms with van der Waals surface area (Å²) in [5.74, 6) is -2.75. The van der Waals surface area contributed by atoms with Gasteiger partial charge in [0.2, 0.25) is 10.0 Å². The summed E-state index contributed by atoms with van der Waals surface area (Å²) in [5, 5.41) is 4.92. The maximum absolute atomic E-state index is 13.7. The summed E-state index contributed by atoms with van der Waals surface area (Å²) < 4.78 is 54.5. The molecule has 0 aromatic heterocycles. The summed E-state index contributed by atoms with van der Waals surface area (Å²) in [6.07, 6.45) is 0. The zero-order valence-electron chi connectivity index (χ0n) is 10.2. The van der Waals surface area contributed by atoms with Crippen molar-refractivity contribution in [2.24, 2.45) is 5.14 Å². The van der Waals surface area contributed by atoms with E-state index in [2.05, 4.69) is 0 Å². The van der Waals surface area contributed by atoms with E-state index >= 15 is 0 Å². The van der Waals surface area contributed by atoms with E-state index in [9.17, 15) is 17.2 Å². The van der Waals surface area contributed by atoms with Gasteiger partial charge in [-0.3, -0.25) is 0 Å². The maximum Gasteiger partial charge on any atom is 0.241 e. The highest BCUT2D eigenvalue weighted by Gasteiger charge is 2.21. The number of benzene rings is 2. The van der Waals surface area contributed by atoms with E-state index in [0.717, 1.165) is 0 Å². The molecule has 2 N–H and O–H groups in total. The number of primary sulfonamides is 1. The average molecular weight is 299 g/mol. The summed E-state index contributed by atoms with van der Waals surface area (Å²) in [6.45, 7) is -0.0636. The van der Waals surface area contributed by atoms with Gasteiger partial charge in [-0.15, -0.1) is 0 Å². The Morgan fingerprint density at radius 2 is 1.75 bits per heavy atom. The zero-order valence-corrected chi connectivity index (χ0v) is 11.0. The van der Waals surface area contributed by atoms with Crippen LogP contribution in [0.1, 0.15) is 5.56 Å². The molecule has 0 atom stereocenters. The molecule has 0 unspecified atom stereocenters. The van der Waals surface area contributed by atoms with E-state index in [4.69, 9.17) is 9.88 Å². The van der Waals surface area contributed by atoms with Crippen LogP contribution in [0.15, 0.2) is 47.4 Å². The molecule has 2 aromatic carbocycles. The Morgan fingerprint density at radius 1 is 1.10 bits per heavy atom. The van der Waals surface area contributed by atoms with Crippen molar-refractivity contribution in [3.63, 3.8) is 0 Å². The second kappa shape index (κ2) is 5.56. The van der Waals surface area contributed by atoms with Gasteiger partial charge in [0.25, 0.3) is 0 Å². The van der Waals surface area contributed by atoms with Crippen LogP contribution in [0, 0.1) is 11.6 Å². The first kappa shape index (κ1) is 14.4. The van der Waals surface area contributed by atoms with Gasteiger partial charge < -0.3 is 4.74 Å². The number of ether oxygens (including phenoxy) is 1. The van der Waals surface area contributed by atoms with Crippen molar-refractivity contribution in [2.45, 2.75) is 11.5 Å². The van der Waals surface area contributed by atoms with E-state index < -0.39 is 32.3 Å². The van der Waals surface area contributed by atoms with Gasteiger partial charge in [-0.1, -0.05) is 30.3 Å². The van der Waals surface area contributed by atoms with E-state index in [1.807, 2.05) is 0 Å². The molecular formula is C13H11F2NO3S. The zero-order chi connectivity index (χ0) is 14.8. The Kier molecular flexibility index (Phi) is 4.01. The Morgan fingerprint density at radius 3 is 2.35 bits per heavy atom. The third-order valence-corrected chi connectivity index (χ3v) is 3.42. The molecule has 0 saturated heterocycles. The molecule has 4 nitrogen and oxygen atoms in total. The van der Waals surface area contributed by atoms with E-state index in [1.165, 1.54) is 0 Å². The van der Waals surface area contributed by atoms with Crippen molar-refractivity contribution in [2.75, 3.05) is 0 Å². The number of hydrogen-bond acceptors (Lipinski definition) is 3. The van der Waals surface area contributed by atoms with E-state index in [0.29, 0.717) is 17.7 Å². The third-order valence-electron chi connectivity index (χ3n) is 2.51. The van der Waals surface area contributed by atoms with Crippen molar-refractivity contribution in [1.82, 2.24) is 0 Å². The van der Waals surface area contributed by atoms with Gasteiger partial charge in [0, 0.05) is 6.07 Å². The molecule has 7 heteroatoms. The predicted molar refractivity (Wildman–Crippen MR) is 68.5 cm³/mol. The first-order valence-electron chi connectivity index (χ1n) is 5.56. The molecule has 0 aliphatic rings. The van der Waals surface area contributed by atoms with E-state index in [1.54, 1.807) is 30.3 Å². The number of halogens is 2. The molecule has 0 spiro atoms. The number of rotatable bonds is 4. The SMILES string of the molecule is NS(=O)(=O)c1cc(F)cc(F)c1OCc1ccccc1. The second-order valence-corrected chi connectivity index (χ2v) is 5.56. The lowest BCUT2D eigenvalue weighted by atomic mass is 10.2. The van der Waals surface area contributed by atoms with Crippen LogP contribution < -0.4 is 9.88 Å². The van der Waals surface area contributed by atoms with Crippen molar-refractivity contribution in [3.05, 3.63) is 59.7 Å². The number of sulfonamides is 1. The highest BCUT2D eigenvalue weighted by molar-refractivity contribution is 7.89. The van der Waals surface area contributed by atoms with Crippen molar-refractivity contribution in [3.8, 4) is 5.75 Å². The van der Waals surface area contributed by atoms with Crippen LogP contribution >= 0.6 is 0 Å². The fourth-order valence-electron chi connectivity index (χ4n) is 1.62. The molecule has 2 rings (SSSR count). The summed E-state index contributed by atoms with van der Waals surface area (Å²) >= 11 is 0. The van der Waals surface area contributed by atoms with E-state index in [-0.39, 0.29) is 6.61 Å². The fourth-order valence-corrected chi connectivity index (χ4v) is 2.31. The molecule has 0 heterocycles. The maximum atomic E-state index is 13.7. The molecule has 0 saturated carbocycles. The van der Waals surface area contributed by atoms with Crippen molar-refractivity contribution >= 4 is 10.0 Å². The van der Waals surface area contributed by atoms with Gasteiger partial charge in [-0.05, 0) is 11.6 Å². The first-order valence-corrected chi connectivity index (χ1v) is 7.11. The Bertz CT molecular complexity index is 718. The van der Waals surface area contributed by atoms with Gasteiger partial charge in [0.1, 0.15) is 17.3 Å². The monoisotopic (exact) mass is 299 g/mol.